The number of halogens is 1. The molecule has 3 rings (SSSR count). The predicted octanol–water partition coefficient (Wildman–Crippen LogP) is 3.48. The van der Waals surface area contributed by atoms with Gasteiger partial charge in [0.1, 0.15) is 0 Å². The first kappa shape index (κ1) is 12.5. The Balaban J connectivity index is 1.70. The van der Waals surface area contributed by atoms with E-state index in [0.29, 0.717) is 6.04 Å². The topological polar surface area (TPSA) is 15.3 Å². The smallest absolute Gasteiger partial charge is 0.0511 e. The summed E-state index contributed by atoms with van der Waals surface area (Å²) >= 11 is 3.70. The molecule has 0 amide bonds. The zero-order valence-corrected chi connectivity index (χ0v) is 12.5. The highest BCUT2D eigenvalue weighted by Gasteiger charge is 2.28. The Kier molecular flexibility index (Phi) is 3.62. The third kappa shape index (κ3) is 2.89. The maximum Gasteiger partial charge on any atom is 0.0511 e. The molecule has 1 N–H and O–H groups in total. The van der Waals surface area contributed by atoms with Gasteiger partial charge in [-0.1, -0.05) is 6.07 Å². The number of piperidine rings is 1. The number of anilines is 1. The summed E-state index contributed by atoms with van der Waals surface area (Å²) in [7, 11) is 0. The van der Waals surface area contributed by atoms with Gasteiger partial charge in [-0.2, -0.15) is 0 Å². The van der Waals surface area contributed by atoms with Crippen molar-refractivity contribution in [1.82, 2.24) is 5.32 Å². The first-order valence-corrected chi connectivity index (χ1v) is 7.79. The SMILES string of the molecule is Cc1ccc(N2CCCC(NC3CC3)C2)c(Br)c1. The van der Waals surface area contributed by atoms with Crippen LogP contribution in [0.4, 0.5) is 5.69 Å². The van der Waals surface area contributed by atoms with Gasteiger partial charge < -0.3 is 10.2 Å². The van der Waals surface area contributed by atoms with Gasteiger partial charge in [0.25, 0.3) is 0 Å². The number of hydrogen-bond acceptors (Lipinski definition) is 2. The number of hydrogen-bond donors (Lipinski definition) is 1. The van der Waals surface area contributed by atoms with Crippen molar-refractivity contribution >= 4 is 21.6 Å². The third-order valence-corrected chi connectivity index (χ3v) is 4.55. The van der Waals surface area contributed by atoms with Crippen molar-refractivity contribution in [2.24, 2.45) is 0 Å². The maximum absolute atomic E-state index is 3.77. The Morgan fingerprint density at radius 1 is 1.22 bits per heavy atom. The van der Waals surface area contributed by atoms with Crippen LogP contribution in [0.2, 0.25) is 0 Å². The second kappa shape index (κ2) is 5.22. The summed E-state index contributed by atoms with van der Waals surface area (Å²) in [6.07, 6.45) is 5.39. The fourth-order valence-electron chi connectivity index (χ4n) is 2.78. The van der Waals surface area contributed by atoms with E-state index in [2.05, 4.69) is 51.3 Å². The molecule has 0 aromatic heterocycles. The molecule has 1 heterocycles. The van der Waals surface area contributed by atoms with E-state index in [-0.39, 0.29) is 0 Å². The quantitative estimate of drug-likeness (QED) is 0.919. The van der Waals surface area contributed by atoms with Crippen LogP contribution in [0.3, 0.4) is 0 Å². The van der Waals surface area contributed by atoms with Gasteiger partial charge in [0.15, 0.2) is 0 Å². The van der Waals surface area contributed by atoms with Crippen molar-refractivity contribution < 1.29 is 0 Å². The molecule has 1 atom stereocenters. The molecule has 1 aliphatic carbocycles. The zero-order chi connectivity index (χ0) is 12.5. The molecule has 2 aliphatic rings. The molecule has 2 nitrogen and oxygen atoms in total. The van der Waals surface area contributed by atoms with Crippen molar-refractivity contribution in [3.8, 4) is 0 Å². The largest absolute Gasteiger partial charge is 0.369 e. The molecule has 1 saturated carbocycles. The standard InChI is InChI=1S/C15H21BrN2/c1-11-4-7-15(14(16)9-11)18-8-2-3-13(10-18)17-12-5-6-12/h4,7,9,12-13,17H,2-3,5-6,8,10H2,1H3. The number of nitrogens with zero attached hydrogens (tertiary/aromatic N) is 1. The molecule has 1 saturated heterocycles. The summed E-state index contributed by atoms with van der Waals surface area (Å²) in [5.74, 6) is 0. The second-order valence-electron chi connectivity index (χ2n) is 5.68. The molecular formula is C15H21BrN2. The number of benzene rings is 1. The molecule has 0 radical (unpaired) electrons. The van der Waals surface area contributed by atoms with E-state index in [0.717, 1.165) is 12.6 Å². The summed E-state index contributed by atoms with van der Waals surface area (Å²) in [4.78, 5) is 2.52. The zero-order valence-electron chi connectivity index (χ0n) is 11.0. The Bertz CT molecular complexity index is 429. The van der Waals surface area contributed by atoms with Crippen LogP contribution in [-0.2, 0) is 0 Å². The van der Waals surface area contributed by atoms with E-state index in [4.69, 9.17) is 0 Å². The monoisotopic (exact) mass is 308 g/mol. The average Bonchev–Trinajstić information content (AvgIpc) is 3.13. The molecule has 1 aliphatic heterocycles. The Morgan fingerprint density at radius 2 is 2.06 bits per heavy atom. The van der Waals surface area contributed by atoms with Gasteiger partial charge in [-0.05, 0) is 66.2 Å². The molecule has 0 bridgehead atoms. The lowest BCUT2D eigenvalue weighted by atomic mass is 10.0. The summed E-state index contributed by atoms with van der Waals surface area (Å²) in [6.45, 7) is 4.48. The lowest BCUT2D eigenvalue weighted by Crippen LogP contribution is -2.46. The van der Waals surface area contributed by atoms with Crippen LogP contribution in [0.15, 0.2) is 22.7 Å². The van der Waals surface area contributed by atoms with Gasteiger partial charge in [-0.25, -0.2) is 0 Å². The molecule has 3 heteroatoms. The van der Waals surface area contributed by atoms with E-state index >= 15 is 0 Å². The summed E-state index contributed by atoms with van der Waals surface area (Å²) in [5.41, 5.74) is 2.66. The van der Waals surface area contributed by atoms with Gasteiger partial charge in [0.2, 0.25) is 0 Å². The summed E-state index contributed by atoms with van der Waals surface area (Å²) < 4.78 is 1.23. The molecular weight excluding hydrogens is 288 g/mol. The fourth-order valence-corrected chi connectivity index (χ4v) is 3.53. The van der Waals surface area contributed by atoms with Gasteiger partial charge >= 0.3 is 0 Å². The third-order valence-electron chi connectivity index (χ3n) is 3.91. The highest BCUT2D eigenvalue weighted by molar-refractivity contribution is 9.10. The minimum Gasteiger partial charge on any atom is -0.369 e. The number of nitrogens with one attached hydrogen (secondary N) is 1. The summed E-state index contributed by atoms with van der Waals surface area (Å²) in [6, 6.07) is 8.17. The fraction of sp³-hybridized carbons (Fsp3) is 0.600. The first-order chi connectivity index (χ1) is 8.72. The van der Waals surface area contributed by atoms with Crippen LogP contribution >= 0.6 is 15.9 Å². The van der Waals surface area contributed by atoms with Gasteiger partial charge in [-0.15, -0.1) is 0 Å². The molecule has 18 heavy (non-hydrogen) atoms. The van der Waals surface area contributed by atoms with E-state index < -0.39 is 0 Å². The summed E-state index contributed by atoms with van der Waals surface area (Å²) in [5, 5.41) is 3.77. The number of aryl methyl sites for hydroxylation is 1. The van der Waals surface area contributed by atoms with E-state index in [1.54, 1.807) is 0 Å². The molecule has 0 spiro atoms. The maximum atomic E-state index is 3.77. The second-order valence-corrected chi connectivity index (χ2v) is 6.54. The first-order valence-electron chi connectivity index (χ1n) is 6.99. The van der Waals surface area contributed by atoms with Crippen molar-refractivity contribution in [2.75, 3.05) is 18.0 Å². The highest BCUT2D eigenvalue weighted by atomic mass is 79.9. The van der Waals surface area contributed by atoms with Gasteiger partial charge in [0, 0.05) is 29.6 Å². The highest BCUT2D eigenvalue weighted by Crippen LogP contribution is 2.30. The molecule has 2 fully saturated rings. The van der Waals surface area contributed by atoms with Crippen molar-refractivity contribution in [3.05, 3.63) is 28.2 Å². The molecule has 1 aromatic rings. The van der Waals surface area contributed by atoms with Crippen molar-refractivity contribution in [2.45, 2.75) is 44.7 Å². The lowest BCUT2D eigenvalue weighted by Gasteiger charge is -2.35. The minimum atomic E-state index is 0.680. The van der Waals surface area contributed by atoms with Crippen molar-refractivity contribution in [3.63, 3.8) is 0 Å². The normalized spacial score (nSPS) is 24.3. The van der Waals surface area contributed by atoms with Gasteiger partial charge in [0.05, 0.1) is 5.69 Å². The number of rotatable bonds is 3. The van der Waals surface area contributed by atoms with E-state index in [1.807, 2.05) is 0 Å². The van der Waals surface area contributed by atoms with Gasteiger partial charge in [-0.3, -0.25) is 0 Å². The lowest BCUT2D eigenvalue weighted by molar-refractivity contribution is 0.420. The van der Waals surface area contributed by atoms with Crippen LogP contribution in [0.1, 0.15) is 31.2 Å². The van der Waals surface area contributed by atoms with Crippen LogP contribution in [0.5, 0.6) is 0 Å². The van der Waals surface area contributed by atoms with Crippen molar-refractivity contribution in [1.29, 1.82) is 0 Å². The molecule has 1 unspecified atom stereocenters. The Morgan fingerprint density at radius 3 is 2.78 bits per heavy atom. The van der Waals surface area contributed by atoms with E-state index in [9.17, 15) is 0 Å². The van der Waals surface area contributed by atoms with Crippen LogP contribution in [-0.4, -0.2) is 25.2 Å². The minimum absolute atomic E-state index is 0.680. The Hall–Kier alpha value is -0.540. The Labute approximate surface area is 118 Å². The van der Waals surface area contributed by atoms with Crippen LogP contribution in [0, 0.1) is 6.92 Å². The van der Waals surface area contributed by atoms with Crippen LogP contribution < -0.4 is 10.2 Å². The average molecular weight is 309 g/mol. The van der Waals surface area contributed by atoms with E-state index in [1.165, 1.54) is 48.0 Å². The molecule has 98 valence electrons. The van der Waals surface area contributed by atoms with Crippen LogP contribution in [0.25, 0.3) is 0 Å². The predicted molar refractivity (Wildman–Crippen MR) is 80.3 cm³/mol. The molecule has 1 aromatic carbocycles.